The highest BCUT2D eigenvalue weighted by atomic mass is 32.2. The molecular weight excluding hydrogens is 359 g/mol. The van der Waals surface area contributed by atoms with Gasteiger partial charge in [-0.25, -0.2) is 14.0 Å². The molecule has 3 rings (SSSR count). The Kier molecular flexibility index (Phi) is 5.89. The van der Waals surface area contributed by atoms with Crippen molar-refractivity contribution < 1.29 is 13.9 Å². The molecule has 0 bridgehead atoms. The van der Waals surface area contributed by atoms with Crippen LogP contribution in [0.15, 0.2) is 41.3 Å². The molecule has 1 fully saturated rings. The summed E-state index contributed by atoms with van der Waals surface area (Å²) >= 11 is 1.68. The van der Waals surface area contributed by atoms with Crippen LogP contribution in [0.2, 0.25) is 0 Å². The molecule has 2 aromatic rings. The predicted molar refractivity (Wildman–Crippen MR) is 97.4 cm³/mol. The minimum Gasteiger partial charge on any atom is -0.460 e. The van der Waals surface area contributed by atoms with Gasteiger partial charge in [0.25, 0.3) is 0 Å². The zero-order valence-electron chi connectivity index (χ0n) is 14.0. The van der Waals surface area contributed by atoms with E-state index >= 15 is 0 Å². The number of anilines is 1. The molecule has 2 N–H and O–H groups in total. The van der Waals surface area contributed by atoms with Gasteiger partial charge in [-0.15, -0.1) is 11.8 Å². The van der Waals surface area contributed by atoms with Crippen LogP contribution in [0.5, 0.6) is 0 Å². The Bertz CT molecular complexity index is 831. The monoisotopic (exact) mass is 378 g/mol. The maximum absolute atomic E-state index is 13.5. The molecule has 138 valence electrons. The Labute approximate surface area is 154 Å². The van der Waals surface area contributed by atoms with Gasteiger partial charge in [0.05, 0.1) is 10.9 Å². The standard InChI is InChI=1S/C17H19FN4O3S/c18-13-10-22(17(24)20-15(13)19)7-6-21-8-9-26-14(21)11-25-16(23)12-4-2-1-3-5-12/h1-5,10,14H,6-9,11H2,(H2,19,20,24)/t14-/m0/s1. The van der Waals surface area contributed by atoms with Crippen LogP contribution in [0, 0.1) is 5.82 Å². The molecule has 26 heavy (non-hydrogen) atoms. The van der Waals surface area contributed by atoms with E-state index in [0.29, 0.717) is 12.1 Å². The van der Waals surface area contributed by atoms with Crippen LogP contribution >= 0.6 is 11.8 Å². The number of ether oxygens (including phenoxy) is 1. The van der Waals surface area contributed by atoms with Crippen LogP contribution in [-0.4, -0.2) is 51.2 Å². The lowest BCUT2D eigenvalue weighted by Crippen LogP contribution is -2.37. The van der Waals surface area contributed by atoms with Crippen molar-refractivity contribution in [2.24, 2.45) is 0 Å². The Morgan fingerprint density at radius 1 is 1.35 bits per heavy atom. The Balaban J connectivity index is 1.54. The molecule has 1 saturated heterocycles. The van der Waals surface area contributed by atoms with Gasteiger partial charge in [-0.1, -0.05) is 18.2 Å². The number of carbonyl (C=O) groups excluding carboxylic acids is 1. The third kappa shape index (κ3) is 4.41. The van der Waals surface area contributed by atoms with Crippen molar-refractivity contribution >= 4 is 23.5 Å². The summed E-state index contributed by atoms with van der Waals surface area (Å²) in [6.45, 7) is 1.86. The summed E-state index contributed by atoms with van der Waals surface area (Å²) in [5.74, 6) is -0.571. The summed E-state index contributed by atoms with van der Waals surface area (Å²) in [6, 6.07) is 8.81. The molecule has 1 aliphatic rings. The largest absolute Gasteiger partial charge is 0.460 e. The van der Waals surface area contributed by atoms with Gasteiger partial charge in [0, 0.05) is 31.6 Å². The van der Waals surface area contributed by atoms with Gasteiger partial charge in [-0.2, -0.15) is 4.98 Å². The number of rotatable bonds is 6. The number of benzene rings is 1. The fourth-order valence-electron chi connectivity index (χ4n) is 2.64. The van der Waals surface area contributed by atoms with Crippen LogP contribution in [0.3, 0.4) is 0 Å². The summed E-state index contributed by atoms with van der Waals surface area (Å²) in [7, 11) is 0. The molecule has 9 heteroatoms. The first-order valence-electron chi connectivity index (χ1n) is 8.15. The van der Waals surface area contributed by atoms with Gasteiger partial charge in [-0.05, 0) is 12.1 Å². The van der Waals surface area contributed by atoms with Crippen LogP contribution in [0.25, 0.3) is 0 Å². The summed E-state index contributed by atoms with van der Waals surface area (Å²) in [5.41, 5.74) is 5.21. The maximum Gasteiger partial charge on any atom is 0.349 e. The topological polar surface area (TPSA) is 90.4 Å². The molecule has 0 radical (unpaired) electrons. The van der Waals surface area contributed by atoms with Gasteiger partial charge >= 0.3 is 11.7 Å². The highest BCUT2D eigenvalue weighted by molar-refractivity contribution is 8.00. The zero-order chi connectivity index (χ0) is 18.5. The maximum atomic E-state index is 13.5. The predicted octanol–water partition coefficient (Wildman–Crippen LogP) is 1.20. The fourth-order valence-corrected chi connectivity index (χ4v) is 3.84. The number of aromatic nitrogens is 2. The van der Waals surface area contributed by atoms with E-state index in [2.05, 4.69) is 9.88 Å². The average Bonchev–Trinajstić information content (AvgIpc) is 3.09. The number of halogens is 1. The quantitative estimate of drug-likeness (QED) is 0.755. The first-order chi connectivity index (χ1) is 12.5. The van der Waals surface area contributed by atoms with Crippen LogP contribution in [0.1, 0.15) is 10.4 Å². The number of carbonyl (C=O) groups is 1. The van der Waals surface area contributed by atoms with Crippen molar-refractivity contribution in [3.05, 3.63) is 58.4 Å². The number of nitrogens with two attached hydrogens (primary N) is 1. The SMILES string of the molecule is Nc1nc(=O)n(CCN2CCS[C@H]2COC(=O)c2ccccc2)cc1F. The Morgan fingerprint density at radius 3 is 2.88 bits per heavy atom. The van der Waals surface area contributed by atoms with Crippen molar-refractivity contribution in [2.75, 3.05) is 31.2 Å². The van der Waals surface area contributed by atoms with Crippen molar-refractivity contribution in [3.8, 4) is 0 Å². The summed E-state index contributed by atoms with van der Waals surface area (Å²) in [4.78, 5) is 29.4. The minimum absolute atomic E-state index is 0.00459. The van der Waals surface area contributed by atoms with Crippen molar-refractivity contribution in [1.82, 2.24) is 14.5 Å². The summed E-state index contributed by atoms with van der Waals surface area (Å²) in [6.07, 6.45) is 1.07. The number of nitrogens with zero attached hydrogens (tertiary/aromatic N) is 3. The van der Waals surface area contributed by atoms with E-state index in [1.807, 2.05) is 6.07 Å². The molecule has 7 nitrogen and oxygen atoms in total. The number of hydrogen-bond donors (Lipinski definition) is 1. The van der Waals surface area contributed by atoms with Crippen molar-refractivity contribution in [2.45, 2.75) is 11.9 Å². The van der Waals surface area contributed by atoms with E-state index in [1.54, 1.807) is 36.0 Å². The molecule has 1 aromatic heterocycles. The lowest BCUT2D eigenvalue weighted by atomic mass is 10.2. The number of hydrogen-bond acceptors (Lipinski definition) is 7. The Morgan fingerprint density at radius 2 is 2.12 bits per heavy atom. The molecule has 2 heterocycles. The second-order valence-corrected chi connectivity index (χ2v) is 7.06. The number of esters is 1. The smallest absolute Gasteiger partial charge is 0.349 e. The van der Waals surface area contributed by atoms with E-state index in [0.717, 1.165) is 18.5 Å². The third-order valence-corrected chi connectivity index (χ3v) is 5.30. The van der Waals surface area contributed by atoms with E-state index < -0.39 is 17.3 Å². The van der Waals surface area contributed by atoms with E-state index in [-0.39, 0.29) is 24.5 Å². The Hall–Kier alpha value is -2.39. The highest BCUT2D eigenvalue weighted by Gasteiger charge is 2.26. The molecule has 0 unspecified atom stereocenters. The van der Waals surface area contributed by atoms with E-state index in [4.69, 9.17) is 10.5 Å². The first-order valence-corrected chi connectivity index (χ1v) is 9.20. The first kappa shape index (κ1) is 18.4. The highest BCUT2D eigenvalue weighted by Crippen LogP contribution is 2.24. The van der Waals surface area contributed by atoms with Gasteiger partial charge in [-0.3, -0.25) is 9.47 Å². The molecule has 1 atom stereocenters. The van der Waals surface area contributed by atoms with Gasteiger partial charge < -0.3 is 10.5 Å². The van der Waals surface area contributed by atoms with Gasteiger partial charge in [0.2, 0.25) is 0 Å². The molecule has 1 aliphatic heterocycles. The fraction of sp³-hybridized carbons (Fsp3) is 0.353. The molecule has 0 amide bonds. The van der Waals surface area contributed by atoms with Crippen molar-refractivity contribution in [1.29, 1.82) is 0 Å². The second kappa shape index (κ2) is 8.33. The van der Waals surface area contributed by atoms with Crippen LogP contribution in [-0.2, 0) is 11.3 Å². The summed E-state index contributed by atoms with van der Waals surface area (Å²) in [5, 5.41) is 0.00459. The van der Waals surface area contributed by atoms with Gasteiger partial charge in [0.15, 0.2) is 11.6 Å². The van der Waals surface area contributed by atoms with Crippen LogP contribution < -0.4 is 11.4 Å². The molecular formula is C17H19FN4O3S. The zero-order valence-corrected chi connectivity index (χ0v) is 14.8. The molecule has 0 spiro atoms. The van der Waals surface area contributed by atoms with Crippen molar-refractivity contribution in [3.63, 3.8) is 0 Å². The minimum atomic E-state index is -0.714. The molecule has 0 aliphatic carbocycles. The molecule has 1 aromatic carbocycles. The lowest BCUT2D eigenvalue weighted by Gasteiger charge is -2.23. The van der Waals surface area contributed by atoms with E-state index in [1.165, 1.54) is 4.57 Å². The number of thioether (sulfide) groups is 1. The average molecular weight is 378 g/mol. The second-order valence-electron chi connectivity index (χ2n) is 5.78. The number of nitrogen functional groups attached to an aromatic ring is 1. The molecule has 0 saturated carbocycles. The summed E-state index contributed by atoms with van der Waals surface area (Å²) < 4.78 is 20.1. The van der Waals surface area contributed by atoms with Crippen LogP contribution in [0.4, 0.5) is 10.2 Å². The lowest BCUT2D eigenvalue weighted by molar-refractivity contribution is 0.0446. The normalized spacial score (nSPS) is 17.3. The van der Waals surface area contributed by atoms with E-state index in [9.17, 15) is 14.0 Å². The van der Waals surface area contributed by atoms with Gasteiger partial charge in [0.1, 0.15) is 6.61 Å². The third-order valence-electron chi connectivity index (χ3n) is 4.07.